The van der Waals surface area contributed by atoms with Crippen LogP contribution in [0.15, 0.2) is 30.6 Å². The number of para-hydroxylation sites is 2. The first kappa shape index (κ1) is 12.2. The highest BCUT2D eigenvalue weighted by Gasteiger charge is 2.25. The predicted octanol–water partition coefficient (Wildman–Crippen LogP) is 0.877. The van der Waals surface area contributed by atoms with Gasteiger partial charge < -0.3 is 14.6 Å². The summed E-state index contributed by atoms with van der Waals surface area (Å²) in [6.45, 7) is 1.90. The van der Waals surface area contributed by atoms with Gasteiger partial charge in [-0.05, 0) is 18.6 Å². The second-order valence-corrected chi connectivity index (χ2v) is 5.04. The van der Waals surface area contributed by atoms with Crippen molar-refractivity contribution in [1.29, 1.82) is 0 Å². The Morgan fingerprint density at radius 3 is 3.05 bits per heavy atom. The van der Waals surface area contributed by atoms with Gasteiger partial charge in [0.25, 0.3) is 0 Å². The van der Waals surface area contributed by atoms with Crippen molar-refractivity contribution in [3.63, 3.8) is 0 Å². The van der Waals surface area contributed by atoms with Crippen LogP contribution in [0.2, 0.25) is 0 Å². The minimum atomic E-state index is 0.0964. The van der Waals surface area contributed by atoms with Crippen LogP contribution in [0.25, 0.3) is 11.0 Å². The minimum absolute atomic E-state index is 0.0964. The van der Waals surface area contributed by atoms with Crippen LogP contribution in [0.4, 0.5) is 0 Å². The van der Waals surface area contributed by atoms with Crippen molar-refractivity contribution in [1.82, 2.24) is 14.5 Å². The first-order valence-corrected chi connectivity index (χ1v) is 6.56. The molecule has 1 aliphatic rings. The summed E-state index contributed by atoms with van der Waals surface area (Å²) in [5, 5.41) is 9.11. The lowest BCUT2D eigenvalue weighted by Gasteiger charge is -2.16. The number of likely N-dealkylation sites (tertiary alicyclic amines) is 1. The quantitative estimate of drug-likeness (QED) is 0.890. The van der Waals surface area contributed by atoms with E-state index in [4.69, 9.17) is 5.11 Å². The highest BCUT2D eigenvalue weighted by atomic mass is 16.3. The van der Waals surface area contributed by atoms with Gasteiger partial charge in [0.15, 0.2) is 0 Å². The van der Waals surface area contributed by atoms with Crippen LogP contribution in [0.1, 0.15) is 6.42 Å². The molecule has 5 nitrogen and oxygen atoms in total. The Bertz CT molecular complexity index is 593. The molecule has 1 aliphatic heterocycles. The summed E-state index contributed by atoms with van der Waals surface area (Å²) in [4.78, 5) is 18.3. The third kappa shape index (κ3) is 2.33. The molecule has 5 heteroatoms. The van der Waals surface area contributed by atoms with Crippen molar-refractivity contribution in [2.24, 2.45) is 5.92 Å². The minimum Gasteiger partial charge on any atom is -0.396 e. The van der Waals surface area contributed by atoms with E-state index in [1.807, 2.05) is 33.7 Å². The van der Waals surface area contributed by atoms with Crippen molar-refractivity contribution in [2.45, 2.75) is 13.0 Å². The second-order valence-electron chi connectivity index (χ2n) is 5.04. The average Bonchev–Trinajstić information content (AvgIpc) is 3.06. The summed E-state index contributed by atoms with van der Waals surface area (Å²) in [6, 6.07) is 7.79. The first-order chi connectivity index (χ1) is 9.28. The monoisotopic (exact) mass is 259 g/mol. The summed E-state index contributed by atoms with van der Waals surface area (Å²) < 4.78 is 1.88. The lowest BCUT2D eigenvalue weighted by atomic mass is 10.1. The number of fused-ring (bicyclic) bond motifs is 1. The Morgan fingerprint density at radius 2 is 2.26 bits per heavy atom. The van der Waals surface area contributed by atoms with Gasteiger partial charge >= 0.3 is 0 Å². The Morgan fingerprint density at radius 1 is 1.42 bits per heavy atom. The molecule has 3 rings (SSSR count). The maximum absolute atomic E-state index is 12.2. The Kier molecular flexibility index (Phi) is 3.21. The van der Waals surface area contributed by atoms with Crippen LogP contribution in [-0.4, -0.2) is 45.2 Å². The van der Waals surface area contributed by atoms with Crippen LogP contribution < -0.4 is 0 Å². The van der Waals surface area contributed by atoms with Gasteiger partial charge in [-0.3, -0.25) is 4.79 Å². The van der Waals surface area contributed by atoms with E-state index in [1.165, 1.54) is 0 Å². The molecule has 1 amide bonds. The Hall–Kier alpha value is -1.88. The molecule has 0 bridgehead atoms. The van der Waals surface area contributed by atoms with E-state index in [0.717, 1.165) is 24.0 Å². The van der Waals surface area contributed by atoms with E-state index >= 15 is 0 Å². The number of rotatable bonds is 3. The molecule has 0 saturated carbocycles. The molecule has 1 fully saturated rings. The van der Waals surface area contributed by atoms with E-state index < -0.39 is 0 Å². The van der Waals surface area contributed by atoms with E-state index in [2.05, 4.69) is 4.98 Å². The van der Waals surface area contributed by atoms with Crippen LogP contribution in [0.5, 0.6) is 0 Å². The fraction of sp³-hybridized carbons (Fsp3) is 0.429. The highest BCUT2D eigenvalue weighted by molar-refractivity contribution is 5.80. The SMILES string of the molecule is O=C(Cn1cnc2ccccc21)N1CCC(CO)C1. The van der Waals surface area contributed by atoms with E-state index in [9.17, 15) is 4.79 Å². The molecule has 0 radical (unpaired) electrons. The average molecular weight is 259 g/mol. The van der Waals surface area contributed by atoms with Gasteiger partial charge in [-0.1, -0.05) is 12.1 Å². The number of nitrogens with zero attached hydrogens (tertiary/aromatic N) is 3. The van der Waals surface area contributed by atoms with E-state index in [1.54, 1.807) is 6.33 Å². The molecule has 2 aromatic rings. The highest BCUT2D eigenvalue weighted by Crippen LogP contribution is 2.17. The Balaban J connectivity index is 1.73. The largest absolute Gasteiger partial charge is 0.396 e. The van der Waals surface area contributed by atoms with Crippen LogP contribution >= 0.6 is 0 Å². The number of aromatic nitrogens is 2. The van der Waals surface area contributed by atoms with Gasteiger partial charge in [0, 0.05) is 25.6 Å². The van der Waals surface area contributed by atoms with Gasteiger partial charge in [-0.25, -0.2) is 4.98 Å². The van der Waals surface area contributed by atoms with Crippen molar-refractivity contribution in [3.8, 4) is 0 Å². The van der Waals surface area contributed by atoms with Gasteiger partial charge in [0.1, 0.15) is 6.54 Å². The third-order valence-electron chi connectivity index (χ3n) is 3.73. The van der Waals surface area contributed by atoms with E-state index in [-0.39, 0.29) is 18.4 Å². The van der Waals surface area contributed by atoms with Gasteiger partial charge in [-0.15, -0.1) is 0 Å². The molecular formula is C14H17N3O2. The summed E-state index contributed by atoms with van der Waals surface area (Å²) in [5.41, 5.74) is 1.89. The third-order valence-corrected chi connectivity index (χ3v) is 3.73. The molecule has 1 N–H and O–H groups in total. The van der Waals surface area contributed by atoms with Gasteiger partial charge in [0.05, 0.1) is 17.4 Å². The van der Waals surface area contributed by atoms with Crippen molar-refractivity contribution in [3.05, 3.63) is 30.6 Å². The number of hydrogen-bond donors (Lipinski definition) is 1. The molecule has 19 heavy (non-hydrogen) atoms. The lowest BCUT2D eigenvalue weighted by molar-refractivity contribution is -0.130. The van der Waals surface area contributed by atoms with Crippen molar-refractivity contribution < 1.29 is 9.90 Å². The van der Waals surface area contributed by atoms with E-state index in [0.29, 0.717) is 13.1 Å². The standard InChI is InChI=1S/C14H17N3O2/c18-9-11-5-6-16(7-11)14(19)8-17-10-15-12-3-1-2-4-13(12)17/h1-4,10-11,18H,5-9H2. The maximum Gasteiger partial charge on any atom is 0.242 e. The fourth-order valence-corrected chi connectivity index (χ4v) is 2.59. The van der Waals surface area contributed by atoms with Gasteiger partial charge in [0.2, 0.25) is 5.91 Å². The van der Waals surface area contributed by atoms with Crippen molar-refractivity contribution >= 4 is 16.9 Å². The smallest absolute Gasteiger partial charge is 0.242 e. The summed E-state index contributed by atoms with van der Waals surface area (Å²) >= 11 is 0. The molecule has 100 valence electrons. The van der Waals surface area contributed by atoms with Crippen molar-refractivity contribution in [2.75, 3.05) is 19.7 Å². The molecular weight excluding hydrogens is 242 g/mol. The Labute approximate surface area is 111 Å². The number of imidazole rings is 1. The van der Waals surface area contributed by atoms with Crippen LogP contribution in [0.3, 0.4) is 0 Å². The number of aliphatic hydroxyl groups is 1. The molecule has 1 aromatic carbocycles. The first-order valence-electron chi connectivity index (χ1n) is 6.56. The number of amides is 1. The summed E-state index contributed by atoms with van der Waals surface area (Å²) in [7, 11) is 0. The van der Waals surface area contributed by atoms with Gasteiger partial charge in [-0.2, -0.15) is 0 Å². The maximum atomic E-state index is 12.2. The molecule has 1 aromatic heterocycles. The zero-order valence-corrected chi connectivity index (χ0v) is 10.7. The number of aliphatic hydroxyl groups excluding tert-OH is 1. The molecule has 1 saturated heterocycles. The summed E-state index contributed by atoms with van der Waals surface area (Å²) in [6.07, 6.45) is 2.61. The number of hydrogen-bond acceptors (Lipinski definition) is 3. The fourth-order valence-electron chi connectivity index (χ4n) is 2.59. The number of carbonyl (C=O) groups is 1. The lowest BCUT2D eigenvalue weighted by Crippen LogP contribution is -2.32. The topological polar surface area (TPSA) is 58.4 Å². The van der Waals surface area contributed by atoms with Crippen LogP contribution in [0, 0.1) is 5.92 Å². The second kappa shape index (κ2) is 5.01. The molecule has 0 spiro atoms. The molecule has 2 heterocycles. The zero-order valence-electron chi connectivity index (χ0n) is 10.7. The predicted molar refractivity (Wildman–Crippen MR) is 71.5 cm³/mol. The molecule has 1 unspecified atom stereocenters. The van der Waals surface area contributed by atoms with Crippen LogP contribution in [-0.2, 0) is 11.3 Å². The number of benzene rings is 1. The normalized spacial score (nSPS) is 19.2. The molecule has 1 atom stereocenters. The molecule has 0 aliphatic carbocycles. The summed E-state index contributed by atoms with van der Waals surface area (Å²) in [5.74, 6) is 0.336. The zero-order chi connectivity index (χ0) is 13.2. The number of carbonyl (C=O) groups excluding carboxylic acids is 1.